The van der Waals surface area contributed by atoms with Gasteiger partial charge in [-0.05, 0) is 18.9 Å². The summed E-state index contributed by atoms with van der Waals surface area (Å²) >= 11 is 0. The summed E-state index contributed by atoms with van der Waals surface area (Å²) in [6, 6.07) is 2.76. The van der Waals surface area contributed by atoms with Gasteiger partial charge in [-0.25, -0.2) is 4.39 Å². The summed E-state index contributed by atoms with van der Waals surface area (Å²) < 4.78 is 13.2. The van der Waals surface area contributed by atoms with Gasteiger partial charge in [0.15, 0.2) is 0 Å². The summed E-state index contributed by atoms with van der Waals surface area (Å²) in [6.07, 6.45) is 1.35. The van der Waals surface area contributed by atoms with Gasteiger partial charge in [0.05, 0.1) is 11.0 Å². The van der Waals surface area contributed by atoms with Crippen molar-refractivity contribution in [1.82, 2.24) is 5.32 Å². The molecule has 0 aliphatic heterocycles. The SMILES string of the molecule is CCC(N)(CC)CNC(=O)c1cc(F)cc([N+](=O)[O-])c1.Cl. The quantitative estimate of drug-likeness (QED) is 0.621. The number of carbonyl (C=O) groups excluding carboxylic acids is 1. The second-order valence-electron chi connectivity index (χ2n) is 4.71. The van der Waals surface area contributed by atoms with E-state index in [1.165, 1.54) is 0 Å². The molecule has 0 aliphatic rings. The van der Waals surface area contributed by atoms with Crippen molar-refractivity contribution in [2.45, 2.75) is 32.2 Å². The van der Waals surface area contributed by atoms with Gasteiger partial charge in [0.1, 0.15) is 5.82 Å². The van der Waals surface area contributed by atoms with Crippen molar-refractivity contribution in [3.8, 4) is 0 Å². The normalized spacial score (nSPS) is 10.7. The average molecular weight is 320 g/mol. The third-order valence-corrected chi connectivity index (χ3v) is 3.36. The first kappa shape index (κ1) is 19.3. The molecule has 1 amide bonds. The molecule has 1 aromatic carbocycles. The Hall–Kier alpha value is -1.73. The van der Waals surface area contributed by atoms with Crippen LogP contribution in [0.15, 0.2) is 18.2 Å². The van der Waals surface area contributed by atoms with E-state index in [2.05, 4.69) is 5.32 Å². The van der Waals surface area contributed by atoms with Gasteiger partial charge in [-0.1, -0.05) is 13.8 Å². The van der Waals surface area contributed by atoms with Gasteiger partial charge in [-0.3, -0.25) is 14.9 Å². The van der Waals surface area contributed by atoms with E-state index in [4.69, 9.17) is 5.73 Å². The summed E-state index contributed by atoms with van der Waals surface area (Å²) in [5.74, 6) is -1.40. The maximum Gasteiger partial charge on any atom is 0.273 e. The number of non-ortho nitro benzene ring substituents is 1. The molecule has 0 saturated heterocycles. The Morgan fingerprint density at radius 2 is 1.95 bits per heavy atom. The fourth-order valence-electron chi connectivity index (χ4n) is 1.67. The van der Waals surface area contributed by atoms with Crippen LogP contribution in [-0.4, -0.2) is 22.9 Å². The van der Waals surface area contributed by atoms with E-state index < -0.39 is 27.9 Å². The van der Waals surface area contributed by atoms with Gasteiger partial charge in [0.25, 0.3) is 11.6 Å². The third-order valence-electron chi connectivity index (χ3n) is 3.36. The number of carbonyl (C=O) groups is 1. The van der Waals surface area contributed by atoms with Crippen LogP contribution in [0.3, 0.4) is 0 Å². The van der Waals surface area contributed by atoms with E-state index in [1.54, 1.807) is 0 Å². The van der Waals surface area contributed by atoms with Gasteiger partial charge in [0.2, 0.25) is 0 Å². The molecule has 1 aromatic rings. The number of nitro groups is 1. The lowest BCUT2D eigenvalue weighted by Gasteiger charge is -2.26. The number of hydrogen-bond donors (Lipinski definition) is 2. The molecule has 0 heterocycles. The maximum atomic E-state index is 13.2. The van der Waals surface area contributed by atoms with Crippen LogP contribution in [-0.2, 0) is 0 Å². The Kier molecular flexibility index (Phi) is 7.25. The molecule has 0 spiro atoms. The molecule has 0 aliphatic carbocycles. The van der Waals surface area contributed by atoms with Crippen molar-refractivity contribution in [3.05, 3.63) is 39.7 Å². The van der Waals surface area contributed by atoms with Crippen LogP contribution >= 0.6 is 12.4 Å². The molecule has 6 nitrogen and oxygen atoms in total. The first-order valence-corrected chi connectivity index (χ1v) is 6.33. The Morgan fingerprint density at radius 1 is 1.38 bits per heavy atom. The molecule has 3 N–H and O–H groups in total. The average Bonchev–Trinajstić information content (AvgIpc) is 2.43. The van der Waals surface area contributed by atoms with Crippen LogP contribution in [0.4, 0.5) is 10.1 Å². The molecule has 0 saturated carbocycles. The molecule has 0 aromatic heterocycles. The lowest BCUT2D eigenvalue weighted by Crippen LogP contribution is -2.49. The van der Waals surface area contributed by atoms with Crippen molar-refractivity contribution < 1.29 is 14.1 Å². The number of nitrogens with zero attached hydrogens (tertiary/aromatic N) is 1. The summed E-state index contributed by atoms with van der Waals surface area (Å²) in [5, 5.41) is 13.2. The predicted octanol–water partition coefficient (Wildman–Crippen LogP) is 2.40. The lowest BCUT2D eigenvalue weighted by atomic mass is 9.94. The number of hydrogen-bond acceptors (Lipinski definition) is 4. The summed E-state index contributed by atoms with van der Waals surface area (Å²) in [6.45, 7) is 4.04. The molecule has 0 fully saturated rings. The van der Waals surface area contributed by atoms with E-state index in [9.17, 15) is 19.3 Å². The maximum absolute atomic E-state index is 13.2. The zero-order valence-corrected chi connectivity index (χ0v) is 12.7. The first-order valence-electron chi connectivity index (χ1n) is 6.33. The zero-order valence-electron chi connectivity index (χ0n) is 11.9. The molecular weight excluding hydrogens is 301 g/mol. The van der Waals surface area contributed by atoms with Crippen LogP contribution in [0.25, 0.3) is 0 Å². The number of halogens is 2. The van der Waals surface area contributed by atoms with Gasteiger partial charge >= 0.3 is 0 Å². The van der Waals surface area contributed by atoms with Gasteiger partial charge in [0, 0.05) is 23.7 Å². The minimum absolute atomic E-state index is 0. The highest BCUT2D eigenvalue weighted by molar-refractivity contribution is 5.94. The zero-order chi connectivity index (χ0) is 15.3. The highest BCUT2D eigenvalue weighted by Crippen LogP contribution is 2.16. The number of nitrogens with one attached hydrogen (secondary N) is 1. The van der Waals surface area contributed by atoms with Gasteiger partial charge in [-0.15, -0.1) is 12.4 Å². The van der Waals surface area contributed by atoms with E-state index >= 15 is 0 Å². The van der Waals surface area contributed by atoms with E-state index in [-0.39, 0.29) is 24.5 Å². The Labute approximate surface area is 128 Å². The van der Waals surface area contributed by atoms with Gasteiger partial charge in [-0.2, -0.15) is 0 Å². The monoisotopic (exact) mass is 319 g/mol. The predicted molar refractivity (Wildman–Crippen MR) is 80.1 cm³/mol. The number of nitrogens with two attached hydrogens (primary N) is 1. The second kappa shape index (κ2) is 7.90. The largest absolute Gasteiger partial charge is 0.350 e. The molecule has 1 rings (SSSR count). The number of amides is 1. The minimum atomic E-state index is -0.825. The Morgan fingerprint density at radius 3 is 2.43 bits per heavy atom. The highest BCUT2D eigenvalue weighted by atomic mass is 35.5. The molecule has 21 heavy (non-hydrogen) atoms. The highest BCUT2D eigenvalue weighted by Gasteiger charge is 2.22. The summed E-state index contributed by atoms with van der Waals surface area (Å²) in [7, 11) is 0. The first-order chi connectivity index (χ1) is 9.31. The van der Waals surface area contributed by atoms with E-state index in [1.807, 2.05) is 13.8 Å². The number of benzene rings is 1. The van der Waals surface area contributed by atoms with Crippen molar-refractivity contribution in [2.75, 3.05) is 6.54 Å². The van der Waals surface area contributed by atoms with Crippen molar-refractivity contribution in [3.63, 3.8) is 0 Å². The fraction of sp³-hybridized carbons (Fsp3) is 0.462. The minimum Gasteiger partial charge on any atom is -0.350 e. The molecular formula is C13H19ClFN3O3. The smallest absolute Gasteiger partial charge is 0.273 e. The second-order valence-corrected chi connectivity index (χ2v) is 4.71. The van der Waals surface area contributed by atoms with Crippen molar-refractivity contribution in [2.24, 2.45) is 5.73 Å². The Bertz CT molecular complexity index is 521. The van der Waals surface area contributed by atoms with Crippen molar-refractivity contribution in [1.29, 1.82) is 0 Å². The Balaban J connectivity index is 0.00000400. The van der Waals surface area contributed by atoms with E-state index in [0.29, 0.717) is 12.8 Å². The molecule has 0 atom stereocenters. The summed E-state index contributed by atoms with van der Waals surface area (Å²) in [5.41, 5.74) is 4.95. The van der Waals surface area contributed by atoms with Crippen LogP contribution in [0.5, 0.6) is 0 Å². The topological polar surface area (TPSA) is 98.3 Å². The van der Waals surface area contributed by atoms with E-state index in [0.717, 1.165) is 18.2 Å². The van der Waals surface area contributed by atoms with Crippen LogP contribution in [0.1, 0.15) is 37.0 Å². The molecule has 8 heteroatoms. The van der Waals surface area contributed by atoms with Crippen LogP contribution < -0.4 is 11.1 Å². The third kappa shape index (κ3) is 5.28. The summed E-state index contributed by atoms with van der Waals surface area (Å²) in [4.78, 5) is 21.8. The lowest BCUT2D eigenvalue weighted by molar-refractivity contribution is -0.385. The van der Waals surface area contributed by atoms with Gasteiger partial charge < -0.3 is 11.1 Å². The number of rotatable bonds is 6. The molecule has 0 unspecified atom stereocenters. The number of nitro benzene ring substituents is 1. The van der Waals surface area contributed by atoms with Crippen molar-refractivity contribution >= 4 is 24.0 Å². The molecule has 118 valence electrons. The van der Waals surface area contributed by atoms with Crippen LogP contribution in [0, 0.1) is 15.9 Å². The van der Waals surface area contributed by atoms with Crippen LogP contribution in [0.2, 0.25) is 0 Å². The standard InChI is InChI=1S/C13H18FN3O3.ClH/c1-3-13(15,4-2)8-16-12(18)9-5-10(14)7-11(6-9)17(19)20;/h5-7H,3-4,8,15H2,1-2H3,(H,16,18);1H. The fourth-order valence-corrected chi connectivity index (χ4v) is 1.67. The molecule has 0 radical (unpaired) electrons. The molecule has 0 bridgehead atoms.